The summed E-state index contributed by atoms with van der Waals surface area (Å²) < 4.78 is 0. The number of aliphatic imine (C=N–C) groups is 1. The minimum absolute atomic E-state index is 0.215. The van der Waals surface area contributed by atoms with Crippen molar-refractivity contribution in [3.63, 3.8) is 0 Å². The van der Waals surface area contributed by atoms with E-state index in [4.69, 9.17) is 0 Å². The Morgan fingerprint density at radius 3 is 2.56 bits per heavy atom. The Morgan fingerprint density at radius 2 is 1.80 bits per heavy atom. The van der Waals surface area contributed by atoms with Crippen LogP contribution in [0.15, 0.2) is 83.0 Å². The number of hydrogen-bond acceptors (Lipinski definition) is 4. The van der Waals surface area contributed by atoms with Gasteiger partial charge in [0.05, 0.1) is 11.9 Å². The molecule has 3 rings (SSSR count). The van der Waals surface area contributed by atoms with Crippen LogP contribution in [0.3, 0.4) is 0 Å². The predicted octanol–water partition coefficient (Wildman–Crippen LogP) is 3.80. The summed E-state index contributed by atoms with van der Waals surface area (Å²) in [6, 6.07) is 20.7. The molecule has 2 N–H and O–H groups in total. The zero-order chi connectivity index (χ0) is 17.5. The number of rotatable bonds is 4. The van der Waals surface area contributed by atoms with Crippen LogP contribution in [0.5, 0.6) is 5.75 Å². The molecular formula is C20H18N4O. The van der Waals surface area contributed by atoms with E-state index < -0.39 is 0 Å². The molecule has 2 aromatic carbocycles. The normalized spacial score (nSPS) is 11.6. The van der Waals surface area contributed by atoms with E-state index in [-0.39, 0.29) is 5.75 Å². The number of hydrogen-bond donors (Lipinski definition) is 2. The summed E-state index contributed by atoms with van der Waals surface area (Å²) in [5, 5.41) is 14.3. The van der Waals surface area contributed by atoms with E-state index in [1.165, 1.54) is 0 Å². The zero-order valence-electron chi connectivity index (χ0n) is 13.8. The highest BCUT2D eigenvalue weighted by Crippen LogP contribution is 2.19. The van der Waals surface area contributed by atoms with Gasteiger partial charge in [0.1, 0.15) is 11.4 Å². The van der Waals surface area contributed by atoms with Crippen LogP contribution >= 0.6 is 0 Å². The van der Waals surface area contributed by atoms with Crippen molar-refractivity contribution in [1.29, 1.82) is 0 Å². The molecule has 0 atom stereocenters. The van der Waals surface area contributed by atoms with Crippen LogP contribution in [0.25, 0.3) is 0 Å². The lowest BCUT2D eigenvalue weighted by Gasteiger charge is -2.06. The fourth-order valence-electron chi connectivity index (χ4n) is 2.22. The number of hydrazone groups is 1. The highest BCUT2D eigenvalue weighted by atomic mass is 16.3. The molecule has 0 fully saturated rings. The molecule has 0 unspecified atom stereocenters. The number of para-hydroxylation sites is 2. The molecule has 0 aliphatic rings. The van der Waals surface area contributed by atoms with Crippen molar-refractivity contribution in [2.45, 2.75) is 6.92 Å². The first-order valence-corrected chi connectivity index (χ1v) is 7.87. The minimum atomic E-state index is 0.215. The van der Waals surface area contributed by atoms with Crippen LogP contribution in [0.1, 0.15) is 16.8 Å². The molecule has 124 valence electrons. The van der Waals surface area contributed by atoms with Gasteiger partial charge in [0, 0.05) is 11.8 Å². The van der Waals surface area contributed by atoms with E-state index in [1.807, 2.05) is 67.6 Å². The second-order valence-corrected chi connectivity index (χ2v) is 5.39. The van der Waals surface area contributed by atoms with Crippen LogP contribution in [0, 0.1) is 6.92 Å². The summed E-state index contributed by atoms with van der Waals surface area (Å²) in [6.45, 7) is 1.84. The second kappa shape index (κ2) is 7.88. The molecule has 0 spiro atoms. The first-order chi connectivity index (χ1) is 12.2. The molecule has 5 nitrogen and oxygen atoms in total. The second-order valence-electron chi connectivity index (χ2n) is 5.39. The highest BCUT2D eigenvalue weighted by molar-refractivity contribution is 5.99. The van der Waals surface area contributed by atoms with Crippen molar-refractivity contribution >= 4 is 17.7 Å². The fourth-order valence-corrected chi connectivity index (χ4v) is 2.22. The van der Waals surface area contributed by atoms with Gasteiger partial charge in [-0.15, -0.1) is 0 Å². The van der Waals surface area contributed by atoms with Gasteiger partial charge in [0.25, 0.3) is 0 Å². The van der Waals surface area contributed by atoms with Crippen LogP contribution in [0.2, 0.25) is 0 Å². The molecule has 0 radical (unpaired) electrons. The summed E-state index contributed by atoms with van der Waals surface area (Å²) in [5.74, 6) is 0.739. The number of nitrogens with one attached hydrogen (secondary N) is 1. The van der Waals surface area contributed by atoms with Gasteiger partial charge in [-0.3, -0.25) is 10.4 Å². The molecule has 0 aliphatic carbocycles. The maximum Gasteiger partial charge on any atom is 0.172 e. The summed E-state index contributed by atoms with van der Waals surface area (Å²) in [5.41, 5.74) is 5.83. The van der Waals surface area contributed by atoms with Crippen LogP contribution < -0.4 is 5.43 Å². The number of nitrogens with zero attached hydrogens (tertiary/aromatic N) is 3. The van der Waals surface area contributed by atoms with E-state index in [0.29, 0.717) is 17.1 Å². The summed E-state index contributed by atoms with van der Waals surface area (Å²) >= 11 is 0. The van der Waals surface area contributed by atoms with Crippen LogP contribution in [0.4, 0.5) is 5.69 Å². The molecule has 1 heterocycles. The number of pyridine rings is 1. The molecule has 0 bridgehead atoms. The Hall–Kier alpha value is -3.47. The molecule has 0 aliphatic heterocycles. The van der Waals surface area contributed by atoms with Gasteiger partial charge in [0.2, 0.25) is 0 Å². The SMILES string of the molecule is Cc1cccc(/C=N/NC(=Nc2ccccc2)c2ccccn2)c1O. The largest absolute Gasteiger partial charge is 0.507 e. The molecule has 0 amide bonds. The summed E-state index contributed by atoms with van der Waals surface area (Å²) in [7, 11) is 0. The molecule has 0 saturated carbocycles. The predicted molar refractivity (Wildman–Crippen MR) is 100 cm³/mol. The fraction of sp³-hybridized carbons (Fsp3) is 0.0500. The Labute approximate surface area is 146 Å². The maximum absolute atomic E-state index is 10.1. The first kappa shape index (κ1) is 16.4. The molecule has 1 aromatic heterocycles. The van der Waals surface area contributed by atoms with Gasteiger partial charge in [0.15, 0.2) is 5.84 Å². The van der Waals surface area contributed by atoms with E-state index >= 15 is 0 Å². The van der Waals surface area contributed by atoms with Crippen molar-refractivity contribution in [1.82, 2.24) is 10.4 Å². The lowest BCUT2D eigenvalue weighted by atomic mass is 10.1. The van der Waals surface area contributed by atoms with Crippen LogP contribution in [-0.4, -0.2) is 22.1 Å². The van der Waals surface area contributed by atoms with E-state index in [1.54, 1.807) is 18.5 Å². The Kier molecular flexibility index (Phi) is 5.16. The number of amidine groups is 1. The van der Waals surface area contributed by atoms with Gasteiger partial charge in [-0.05, 0) is 42.8 Å². The third kappa shape index (κ3) is 4.29. The van der Waals surface area contributed by atoms with Gasteiger partial charge in [-0.25, -0.2) is 4.99 Å². The zero-order valence-corrected chi connectivity index (χ0v) is 13.8. The van der Waals surface area contributed by atoms with E-state index in [9.17, 15) is 5.11 Å². The lowest BCUT2D eigenvalue weighted by molar-refractivity contribution is 0.470. The van der Waals surface area contributed by atoms with Gasteiger partial charge < -0.3 is 5.11 Å². The monoisotopic (exact) mass is 330 g/mol. The number of phenols is 1. The first-order valence-electron chi connectivity index (χ1n) is 7.87. The third-order valence-electron chi connectivity index (χ3n) is 3.55. The average Bonchev–Trinajstić information content (AvgIpc) is 2.66. The lowest BCUT2D eigenvalue weighted by Crippen LogP contribution is -2.20. The van der Waals surface area contributed by atoms with Crippen molar-refractivity contribution < 1.29 is 5.11 Å². The standard InChI is InChI=1S/C20H18N4O/c1-15-8-7-9-16(19(15)25)14-22-24-20(18-12-5-6-13-21-18)23-17-10-3-2-4-11-17/h2-14,25H,1H3,(H,23,24)/b22-14+. The van der Waals surface area contributed by atoms with Gasteiger partial charge >= 0.3 is 0 Å². The molecule has 25 heavy (non-hydrogen) atoms. The molecule has 0 saturated heterocycles. The topological polar surface area (TPSA) is 69.9 Å². The van der Waals surface area contributed by atoms with Gasteiger partial charge in [-0.1, -0.05) is 36.4 Å². The number of aryl methyl sites for hydroxylation is 1. The number of benzene rings is 2. The Balaban J connectivity index is 1.87. The number of aromatic nitrogens is 1. The molecule has 5 heteroatoms. The van der Waals surface area contributed by atoms with Crippen molar-refractivity contribution in [2.75, 3.05) is 0 Å². The quantitative estimate of drug-likeness (QED) is 0.434. The number of aromatic hydroxyl groups is 1. The maximum atomic E-state index is 10.1. The van der Waals surface area contributed by atoms with Crippen LogP contribution in [-0.2, 0) is 0 Å². The summed E-state index contributed by atoms with van der Waals surface area (Å²) in [4.78, 5) is 8.88. The highest BCUT2D eigenvalue weighted by Gasteiger charge is 2.05. The van der Waals surface area contributed by atoms with Gasteiger partial charge in [-0.2, -0.15) is 5.10 Å². The van der Waals surface area contributed by atoms with Crippen molar-refractivity contribution in [2.24, 2.45) is 10.1 Å². The van der Waals surface area contributed by atoms with Crippen molar-refractivity contribution in [3.8, 4) is 5.75 Å². The Morgan fingerprint density at radius 1 is 1.00 bits per heavy atom. The smallest absolute Gasteiger partial charge is 0.172 e. The average molecular weight is 330 g/mol. The minimum Gasteiger partial charge on any atom is -0.507 e. The number of phenolic OH excluding ortho intramolecular Hbond substituents is 1. The van der Waals surface area contributed by atoms with E-state index in [0.717, 1.165) is 11.3 Å². The van der Waals surface area contributed by atoms with Crippen molar-refractivity contribution in [3.05, 3.63) is 89.7 Å². The Bertz CT molecular complexity index is 890. The summed E-state index contributed by atoms with van der Waals surface area (Å²) in [6.07, 6.45) is 3.26. The molecular weight excluding hydrogens is 312 g/mol. The third-order valence-corrected chi connectivity index (χ3v) is 3.55. The van der Waals surface area contributed by atoms with E-state index in [2.05, 4.69) is 20.5 Å². The molecule has 3 aromatic rings.